The predicted molar refractivity (Wildman–Crippen MR) is 76.6 cm³/mol. The van der Waals surface area contributed by atoms with Crippen LogP contribution < -0.4 is 5.32 Å². The van der Waals surface area contributed by atoms with Gasteiger partial charge in [0.05, 0.1) is 24.3 Å². The van der Waals surface area contributed by atoms with Crippen molar-refractivity contribution in [1.82, 2.24) is 19.7 Å². The average molecular weight is 279 g/mol. The van der Waals surface area contributed by atoms with Gasteiger partial charge in [0.25, 0.3) is 0 Å². The van der Waals surface area contributed by atoms with Crippen LogP contribution in [0.25, 0.3) is 11.0 Å². The number of nitrogens with zero attached hydrogens (tertiary/aromatic N) is 4. The van der Waals surface area contributed by atoms with Gasteiger partial charge in [-0.2, -0.15) is 5.10 Å². The number of hydrogen-bond acceptors (Lipinski definition) is 6. The van der Waals surface area contributed by atoms with Gasteiger partial charge < -0.3 is 14.8 Å². The van der Waals surface area contributed by atoms with E-state index in [2.05, 4.69) is 20.4 Å². The van der Waals surface area contributed by atoms with E-state index in [1.54, 1.807) is 18.0 Å². The molecule has 0 aliphatic rings. The molecule has 0 bridgehead atoms. The first kappa shape index (κ1) is 14.7. The SMILES string of the molecule is CCNc1nc(COC(C)COC)nc2c1cnn2C. The molecule has 2 aromatic rings. The van der Waals surface area contributed by atoms with E-state index in [4.69, 9.17) is 9.47 Å². The van der Waals surface area contributed by atoms with Crippen molar-refractivity contribution < 1.29 is 9.47 Å². The summed E-state index contributed by atoms with van der Waals surface area (Å²) >= 11 is 0. The first-order chi connectivity index (χ1) is 9.65. The molecule has 0 aliphatic heterocycles. The maximum absolute atomic E-state index is 5.66. The molecule has 2 heterocycles. The lowest BCUT2D eigenvalue weighted by atomic mass is 10.3. The Labute approximate surface area is 118 Å². The molecule has 0 radical (unpaired) electrons. The molecule has 0 saturated carbocycles. The van der Waals surface area contributed by atoms with Gasteiger partial charge in [-0.3, -0.25) is 4.68 Å². The van der Waals surface area contributed by atoms with Crippen molar-refractivity contribution in [2.24, 2.45) is 7.05 Å². The van der Waals surface area contributed by atoms with Crippen molar-refractivity contribution in [2.45, 2.75) is 26.6 Å². The molecule has 110 valence electrons. The highest BCUT2D eigenvalue weighted by Crippen LogP contribution is 2.19. The molecule has 1 N–H and O–H groups in total. The van der Waals surface area contributed by atoms with E-state index in [1.807, 2.05) is 20.9 Å². The van der Waals surface area contributed by atoms with Gasteiger partial charge in [-0.05, 0) is 13.8 Å². The summed E-state index contributed by atoms with van der Waals surface area (Å²) in [6.07, 6.45) is 1.78. The van der Waals surface area contributed by atoms with Gasteiger partial charge in [-0.25, -0.2) is 9.97 Å². The van der Waals surface area contributed by atoms with Crippen LogP contribution in [0.5, 0.6) is 0 Å². The predicted octanol–water partition coefficient (Wildman–Crippen LogP) is 1.35. The highest BCUT2D eigenvalue weighted by molar-refractivity contribution is 5.86. The van der Waals surface area contributed by atoms with Crippen LogP contribution >= 0.6 is 0 Å². The molecule has 1 atom stereocenters. The monoisotopic (exact) mass is 279 g/mol. The van der Waals surface area contributed by atoms with E-state index in [1.165, 1.54) is 0 Å². The number of nitrogens with one attached hydrogen (secondary N) is 1. The van der Waals surface area contributed by atoms with E-state index in [-0.39, 0.29) is 6.10 Å². The first-order valence-electron chi connectivity index (χ1n) is 6.68. The molecule has 0 fully saturated rings. The third kappa shape index (κ3) is 3.23. The second-order valence-corrected chi connectivity index (χ2v) is 4.60. The number of aromatic nitrogens is 4. The Balaban J connectivity index is 2.22. The zero-order valence-electron chi connectivity index (χ0n) is 12.4. The molecule has 0 saturated heterocycles. The van der Waals surface area contributed by atoms with Crippen LogP contribution in [0.4, 0.5) is 5.82 Å². The number of rotatable bonds is 7. The lowest BCUT2D eigenvalue weighted by Crippen LogP contribution is -2.16. The Hall–Kier alpha value is -1.73. The Bertz CT molecular complexity index is 569. The molecule has 2 rings (SSSR count). The van der Waals surface area contributed by atoms with Crippen molar-refractivity contribution in [1.29, 1.82) is 0 Å². The Morgan fingerprint density at radius 1 is 1.40 bits per heavy atom. The standard InChI is InChI=1S/C13H21N5O2/c1-5-14-12-10-6-15-18(3)13(10)17-11(16-12)8-20-9(2)7-19-4/h6,9H,5,7-8H2,1-4H3,(H,14,16,17). The average Bonchev–Trinajstić information content (AvgIpc) is 2.79. The molecule has 0 amide bonds. The van der Waals surface area contributed by atoms with Crippen molar-refractivity contribution in [3.63, 3.8) is 0 Å². The molecule has 0 aromatic carbocycles. The fourth-order valence-electron chi connectivity index (χ4n) is 1.93. The third-order valence-electron chi connectivity index (χ3n) is 2.88. The second kappa shape index (κ2) is 6.62. The fourth-order valence-corrected chi connectivity index (χ4v) is 1.93. The Morgan fingerprint density at radius 2 is 2.20 bits per heavy atom. The summed E-state index contributed by atoms with van der Waals surface area (Å²) in [5.41, 5.74) is 0.800. The summed E-state index contributed by atoms with van der Waals surface area (Å²) in [6, 6.07) is 0. The summed E-state index contributed by atoms with van der Waals surface area (Å²) in [5.74, 6) is 1.43. The molecule has 7 nitrogen and oxygen atoms in total. The lowest BCUT2D eigenvalue weighted by Gasteiger charge is -2.12. The molecule has 20 heavy (non-hydrogen) atoms. The van der Waals surface area contributed by atoms with Crippen LogP contribution in [0.1, 0.15) is 19.7 Å². The van der Waals surface area contributed by atoms with Crippen molar-refractivity contribution in [2.75, 3.05) is 25.6 Å². The number of anilines is 1. The molecule has 2 aromatic heterocycles. The Kier molecular flexibility index (Phi) is 4.86. The third-order valence-corrected chi connectivity index (χ3v) is 2.88. The van der Waals surface area contributed by atoms with E-state index in [0.29, 0.717) is 19.0 Å². The second-order valence-electron chi connectivity index (χ2n) is 4.60. The van der Waals surface area contributed by atoms with Gasteiger partial charge in [-0.15, -0.1) is 0 Å². The fraction of sp³-hybridized carbons (Fsp3) is 0.615. The quantitative estimate of drug-likeness (QED) is 0.824. The summed E-state index contributed by atoms with van der Waals surface area (Å²) < 4.78 is 12.4. The van der Waals surface area contributed by atoms with Gasteiger partial charge >= 0.3 is 0 Å². The van der Waals surface area contributed by atoms with Crippen LogP contribution in [0.3, 0.4) is 0 Å². The molecule has 0 spiro atoms. The van der Waals surface area contributed by atoms with Crippen molar-refractivity contribution >= 4 is 16.9 Å². The van der Waals surface area contributed by atoms with E-state index >= 15 is 0 Å². The first-order valence-corrected chi connectivity index (χ1v) is 6.68. The molecule has 7 heteroatoms. The minimum absolute atomic E-state index is 0.00779. The topological polar surface area (TPSA) is 74.1 Å². The van der Waals surface area contributed by atoms with Crippen molar-refractivity contribution in [3.8, 4) is 0 Å². The van der Waals surface area contributed by atoms with E-state index < -0.39 is 0 Å². The van der Waals surface area contributed by atoms with Crippen LogP contribution in [0, 0.1) is 0 Å². The van der Waals surface area contributed by atoms with Gasteiger partial charge in [0.2, 0.25) is 0 Å². The maximum Gasteiger partial charge on any atom is 0.163 e. The number of aryl methyl sites for hydroxylation is 1. The van der Waals surface area contributed by atoms with Crippen LogP contribution in [0.2, 0.25) is 0 Å². The number of fused-ring (bicyclic) bond motifs is 1. The lowest BCUT2D eigenvalue weighted by molar-refractivity contribution is -0.00260. The van der Waals surface area contributed by atoms with Gasteiger partial charge in [0.15, 0.2) is 11.5 Å². The van der Waals surface area contributed by atoms with Crippen LogP contribution in [-0.4, -0.2) is 46.1 Å². The summed E-state index contributed by atoms with van der Waals surface area (Å²) in [6.45, 7) is 5.68. The Morgan fingerprint density at radius 3 is 2.90 bits per heavy atom. The maximum atomic E-state index is 5.66. The van der Waals surface area contributed by atoms with Crippen LogP contribution in [0.15, 0.2) is 6.20 Å². The van der Waals surface area contributed by atoms with Gasteiger partial charge in [-0.1, -0.05) is 0 Å². The zero-order chi connectivity index (χ0) is 14.5. The highest BCUT2D eigenvalue weighted by atomic mass is 16.5. The number of ether oxygens (including phenoxy) is 2. The number of hydrogen-bond donors (Lipinski definition) is 1. The normalized spacial score (nSPS) is 12.8. The van der Waals surface area contributed by atoms with Crippen molar-refractivity contribution in [3.05, 3.63) is 12.0 Å². The summed E-state index contributed by atoms with van der Waals surface area (Å²) in [5, 5.41) is 8.37. The highest BCUT2D eigenvalue weighted by Gasteiger charge is 2.12. The van der Waals surface area contributed by atoms with Crippen LogP contribution in [-0.2, 0) is 23.1 Å². The summed E-state index contributed by atoms with van der Waals surface area (Å²) in [4.78, 5) is 8.99. The van der Waals surface area contributed by atoms with E-state index in [9.17, 15) is 0 Å². The molecular weight excluding hydrogens is 258 g/mol. The smallest absolute Gasteiger partial charge is 0.163 e. The van der Waals surface area contributed by atoms with E-state index in [0.717, 1.165) is 23.4 Å². The van der Waals surface area contributed by atoms with Gasteiger partial charge in [0.1, 0.15) is 12.4 Å². The zero-order valence-corrected chi connectivity index (χ0v) is 12.4. The largest absolute Gasteiger partial charge is 0.382 e. The number of methoxy groups -OCH3 is 1. The minimum atomic E-state index is 0.00779. The minimum Gasteiger partial charge on any atom is -0.382 e. The molecule has 1 unspecified atom stereocenters. The molecule has 0 aliphatic carbocycles. The summed E-state index contributed by atoms with van der Waals surface area (Å²) in [7, 11) is 3.52. The molecular formula is C13H21N5O2. The van der Waals surface area contributed by atoms with Gasteiger partial charge in [0, 0.05) is 20.7 Å².